The Balaban J connectivity index is 1.18. The second kappa shape index (κ2) is 8.56. The molecule has 1 aromatic carbocycles. The van der Waals surface area contributed by atoms with Crippen molar-refractivity contribution in [3.8, 4) is 17.4 Å². The number of rotatable bonds is 5. The van der Waals surface area contributed by atoms with Gasteiger partial charge in [-0.3, -0.25) is 0 Å². The Hall–Kier alpha value is -2.67. The van der Waals surface area contributed by atoms with Crippen LogP contribution in [0.25, 0.3) is 0 Å². The number of hydrogen-bond acceptors (Lipinski definition) is 5. The zero-order valence-corrected chi connectivity index (χ0v) is 16.1. The van der Waals surface area contributed by atoms with E-state index in [0.29, 0.717) is 23.2 Å². The van der Waals surface area contributed by atoms with Gasteiger partial charge in [0.05, 0.1) is 5.02 Å². The molecule has 7 nitrogen and oxygen atoms in total. The van der Waals surface area contributed by atoms with Crippen molar-refractivity contribution in [1.29, 1.82) is 0 Å². The maximum Gasteiger partial charge on any atom is 0.315 e. The van der Waals surface area contributed by atoms with E-state index in [-0.39, 0.29) is 25.0 Å². The summed E-state index contributed by atoms with van der Waals surface area (Å²) in [6.07, 6.45) is 5.18. The Morgan fingerprint density at radius 2 is 1.96 bits per heavy atom. The van der Waals surface area contributed by atoms with E-state index >= 15 is 0 Å². The fourth-order valence-corrected chi connectivity index (χ4v) is 3.51. The van der Waals surface area contributed by atoms with Gasteiger partial charge >= 0.3 is 6.03 Å². The Kier molecular flexibility index (Phi) is 5.71. The normalized spacial score (nSPS) is 20.5. The molecule has 2 amide bonds. The topological polar surface area (TPSA) is 81.7 Å². The minimum atomic E-state index is -0.165. The van der Waals surface area contributed by atoms with E-state index < -0.39 is 0 Å². The molecule has 2 heterocycles. The fourth-order valence-electron chi connectivity index (χ4n) is 3.40. The first-order valence-corrected chi connectivity index (χ1v) is 9.74. The second-order valence-corrected chi connectivity index (χ2v) is 7.36. The second-order valence-electron chi connectivity index (χ2n) is 6.92. The number of aromatic nitrogens is 1. The number of amides is 2. The Labute approximate surface area is 168 Å². The van der Waals surface area contributed by atoms with Crippen molar-refractivity contribution in [3.63, 3.8) is 0 Å². The molecule has 148 valence electrons. The highest BCUT2D eigenvalue weighted by molar-refractivity contribution is 6.30. The van der Waals surface area contributed by atoms with Crippen molar-refractivity contribution >= 4 is 17.6 Å². The molecule has 1 fully saturated rings. The summed E-state index contributed by atoms with van der Waals surface area (Å²) in [5.41, 5.74) is 0.965. The monoisotopic (exact) mass is 403 g/mol. The molecule has 0 unspecified atom stereocenters. The molecule has 1 aromatic heterocycles. The SMILES string of the molecule is O=C(NCc1ccc2c(c1)OCO2)NC1CCC(Oc2ccc(Cl)cn2)CC1. The molecule has 2 aliphatic rings. The summed E-state index contributed by atoms with van der Waals surface area (Å²) < 4.78 is 16.5. The smallest absolute Gasteiger partial charge is 0.315 e. The van der Waals surface area contributed by atoms with Gasteiger partial charge in [-0.15, -0.1) is 0 Å². The van der Waals surface area contributed by atoms with Crippen LogP contribution < -0.4 is 24.8 Å². The van der Waals surface area contributed by atoms with E-state index in [9.17, 15) is 4.79 Å². The average molecular weight is 404 g/mol. The lowest BCUT2D eigenvalue weighted by molar-refractivity contribution is 0.135. The number of ether oxygens (including phenoxy) is 3. The maximum atomic E-state index is 12.2. The molecule has 8 heteroatoms. The van der Waals surface area contributed by atoms with Crippen molar-refractivity contribution in [2.24, 2.45) is 0 Å². The summed E-state index contributed by atoms with van der Waals surface area (Å²) in [5.74, 6) is 2.04. The third kappa shape index (κ3) is 4.78. The lowest BCUT2D eigenvalue weighted by atomic mass is 9.93. The van der Waals surface area contributed by atoms with Crippen LogP contribution in [0.4, 0.5) is 4.79 Å². The molecule has 2 N–H and O–H groups in total. The van der Waals surface area contributed by atoms with Crippen LogP contribution in [-0.2, 0) is 6.54 Å². The molecular weight excluding hydrogens is 382 g/mol. The molecule has 28 heavy (non-hydrogen) atoms. The number of nitrogens with one attached hydrogen (secondary N) is 2. The number of halogens is 1. The van der Waals surface area contributed by atoms with Crippen LogP contribution in [0.1, 0.15) is 31.2 Å². The largest absolute Gasteiger partial charge is 0.474 e. The summed E-state index contributed by atoms with van der Waals surface area (Å²) in [5, 5.41) is 6.52. The van der Waals surface area contributed by atoms with Gasteiger partial charge in [0.15, 0.2) is 11.5 Å². The highest BCUT2D eigenvalue weighted by atomic mass is 35.5. The van der Waals surface area contributed by atoms with Crippen molar-refractivity contribution in [2.45, 2.75) is 44.4 Å². The first-order chi connectivity index (χ1) is 13.7. The standard InChI is InChI=1S/C20H22ClN3O4/c21-14-2-8-19(22-11-14)28-16-5-3-15(4-6-16)24-20(25)23-10-13-1-7-17-18(9-13)27-12-26-17/h1-2,7-9,11,15-16H,3-6,10,12H2,(H2,23,24,25). The van der Waals surface area contributed by atoms with Crippen LogP contribution in [-0.4, -0.2) is 30.0 Å². The number of hydrogen-bond donors (Lipinski definition) is 2. The van der Waals surface area contributed by atoms with Gasteiger partial charge < -0.3 is 24.8 Å². The van der Waals surface area contributed by atoms with E-state index in [4.69, 9.17) is 25.8 Å². The number of fused-ring (bicyclic) bond motifs is 1. The van der Waals surface area contributed by atoms with Crippen LogP contribution in [0.15, 0.2) is 36.5 Å². The molecule has 0 spiro atoms. The van der Waals surface area contributed by atoms with Gasteiger partial charge in [0.25, 0.3) is 0 Å². The van der Waals surface area contributed by atoms with Crippen LogP contribution in [0.3, 0.4) is 0 Å². The molecule has 2 aromatic rings. The van der Waals surface area contributed by atoms with Crippen molar-refractivity contribution in [3.05, 3.63) is 47.1 Å². The van der Waals surface area contributed by atoms with Crippen LogP contribution >= 0.6 is 11.6 Å². The van der Waals surface area contributed by atoms with Crippen molar-refractivity contribution in [1.82, 2.24) is 15.6 Å². The summed E-state index contributed by atoms with van der Waals surface area (Å²) in [6, 6.07) is 9.18. The van der Waals surface area contributed by atoms with Crippen molar-refractivity contribution in [2.75, 3.05) is 6.79 Å². The van der Waals surface area contributed by atoms with E-state index in [1.165, 1.54) is 0 Å². The minimum Gasteiger partial charge on any atom is -0.474 e. The third-order valence-electron chi connectivity index (χ3n) is 4.89. The zero-order valence-electron chi connectivity index (χ0n) is 15.3. The first-order valence-electron chi connectivity index (χ1n) is 9.37. The molecule has 1 saturated carbocycles. The molecule has 0 bridgehead atoms. The molecular formula is C20H22ClN3O4. The van der Waals surface area contributed by atoms with Crippen LogP contribution in [0, 0.1) is 0 Å². The summed E-state index contributed by atoms with van der Waals surface area (Å²) in [4.78, 5) is 16.4. The van der Waals surface area contributed by atoms with Crippen molar-refractivity contribution < 1.29 is 19.0 Å². The van der Waals surface area contributed by atoms with Gasteiger partial charge in [-0.1, -0.05) is 17.7 Å². The first kappa shape index (κ1) is 18.7. The molecule has 0 radical (unpaired) electrons. The fraction of sp³-hybridized carbons (Fsp3) is 0.400. The zero-order chi connectivity index (χ0) is 19.3. The lowest BCUT2D eigenvalue weighted by Gasteiger charge is -2.29. The van der Waals surface area contributed by atoms with Gasteiger partial charge in [0.1, 0.15) is 6.10 Å². The number of benzene rings is 1. The predicted molar refractivity (Wildman–Crippen MR) is 104 cm³/mol. The number of carbonyl (C=O) groups excluding carboxylic acids is 1. The molecule has 4 rings (SSSR count). The number of carbonyl (C=O) groups is 1. The highest BCUT2D eigenvalue weighted by Gasteiger charge is 2.24. The number of nitrogens with zero attached hydrogens (tertiary/aromatic N) is 1. The van der Waals surface area contributed by atoms with Crippen LogP contribution in [0.5, 0.6) is 17.4 Å². The van der Waals surface area contributed by atoms with Gasteiger partial charge in [-0.2, -0.15) is 0 Å². The quantitative estimate of drug-likeness (QED) is 0.796. The van der Waals surface area contributed by atoms with E-state index in [1.807, 2.05) is 18.2 Å². The summed E-state index contributed by atoms with van der Waals surface area (Å²) in [6.45, 7) is 0.677. The van der Waals surface area contributed by atoms with Gasteiger partial charge in [0.2, 0.25) is 12.7 Å². The van der Waals surface area contributed by atoms with Gasteiger partial charge in [-0.25, -0.2) is 9.78 Å². The molecule has 0 saturated heterocycles. The average Bonchev–Trinajstić information content (AvgIpc) is 3.17. The number of urea groups is 1. The Morgan fingerprint density at radius 1 is 1.14 bits per heavy atom. The highest BCUT2D eigenvalue weighted by Crippen LogP contribution is 2.32. The van der Waals surface area contributed by atoms with E-state index in [0.717, 1.165) is 37.0 Å². The van der Waals surface area contributed by atoms with Gasteiger partial charge in [-0.05, 0) is 49.4 Å². The summed E-state index contributed by atoms with van der Waals surface area (Å²) >= 11 is 5.84. The molecule has 1 aliphatic carbocycles. The predicted octanol–water partition coefficient (Wildman–Crippen LogP) is 3.65. The van der Waals surface area contributed by atoms with E-state index in [2.05, 4.69) is 15.6 Å². The third-order valence-corrected chi connectivity index (χ3v) is 5.11. The Morgan fingerprint density at radius 3 is 2.75 bits per heavy atom. The minimum absolute atomic E-state index is 0.114. The Bertz CT molecular complexity index is 823. The number of pyridine rings is 1. The molecule has 0 atom stereocenters. The van der Waals surface area contributed by atoms with E-state index in [1.54, 1.807) is 18.3 Å². The van der Waals surface area contributed by atoms with Gasteiger partial charge in [0, 0.05) is 24.8 Å². The van der Waals surface area contributed by atoms with Crippen LogP contribution in [0.2, 0.25) is 5.02 Å². The summed E-state index contributed by atoms with van der Waals surface area (Å²) in [7, 11) is 0. The lowest BCUT2D eigenvalue weighted by Crippen LogP contribution is -2.44. The maximum absolute atomic E-state index is 12.2. The molecule has 1 aliphatic heterocycles.